The molecule has 110 valence electrons. The second-order valence-electron chi connectivity index (χ2n) is 5.70. The van der Waals surface area contributed by atoms with Gasteiger partial charge in [0.2, 0.25) is 0 Å². The van der Waals surface area contributed by atoms with Crippen molar-refractivity contribution < 1.29 is 4.39 Å². The first-order valence-electron chi connectivity index (χ1n) is 7.53. The normalized spacial score (nSPS) is 16.1. The van der Waals surface area contributed by atoms with Crippen LogP contribution in [-0.2, 0) is 6.54 Å². The third kappa shape index (κ3) is 3.49. The van der Waals surface area contributed by atoms with E-state index >= 15 is 0 Å². The molecular weight excluding hydrogens is 263 g/mol. The van der Waals surface area contributed by atoms with Crippen LogP contribution in [0, 0.1) is 5.82 Å². The zero-order valence-corrected chi connectivity index (χ0v) is 12.1. The van der Waals surface area contributed by atoms with Crippen molar-refractivity contribution in [2.24, 2.45) is 5.73 Å². The van der Waals surface area contributed by atoms with E-state index in [2.05, 4.69) is 29.2 Å². The first kappa shape index (κ1) is 14.2. The Morgan fingerprint density at radius 3 is 2.48 bits per heavy atom. The summed E-state index contributed by atoms with van der Waals surface area (Å²) in [6.45, 7) is 1.37. The Kier molecular flexibility index (Phi) is 4.32. The van der Waals surface area contributed by atoms with Crippen LogP contribution in [0.1, 0.15) is 30.0 Å². The van der Waals surface area contributed by atoms with Crippen LogP contribution in [0.25, 0.3) is 0 Å². The molecule has 21 heavy (non-hydrogen) atoms. The first-order valence-corrected chi connectivity index (χ1v) is 7.53. The third-order valence-electron chi connectivity index (χ3n) is 4.08. The molecule has 0 heterocycles. The fourth-order valence-electron chi connectivity index (χ4n) is 2.87. The van der Waals surface area contributed by atoms with E-state index in [4.69, 9.17) is 5.73 Å². The molecule has 3 rings (SSSR count). The Labute approximate surface area is 125 Å². The summed E-state index contributed by atoms with van der Waals surface area (Å²) in [5.41, 5.74) is 8.26. The summed E-state index contributed by atoms with van der Waals surface area (Å²) in [6.07, 6.45) is 2.41. The number of hydrogen-bond donors (Lipinski definition) is 1. The van der Waals surface area contributed by atoms with E-state index in [1.54, 1.807) is 12.1 Å². The highest BCUT2D eigenvalue weighted by Crippen LogP contribution is 2.35. The minimum atomic E-state index is -0.193. The van der Waals surface area contributed by atoms with E-state index in [0.717, 1.165) is 12.1 Å². The second-order valence-corrected chi connectivity index (χ2v) is 5.70. The molecule has 1 aliphatic carbocycles. The van der Waals surface area contributed by atoms with E-state index in [1.165, 1.54) is 24.5 Å². The van der Waals surface area contributed by atoms with E-state index in [0.29, 0.717) is 12.6 Å². The minimum absolute atomic E-state index is 0.0772. The largest absolute Gasteiger partial charge is 0.329 e. The summed E-state index contributed by atoms with van der Waals surface area (Å²) >= 11 is 0. The Bertz CT molecular complexity index is 581. The maximum atomic E-state index is 13.5. The maximum absolute atomic E-state index is 13.5. The van der Waals surface area contributed by atoms with Gasteiger partial charge in [-0.25, -0.2) is 4.39 Å². The smallest absolute Gasteiger partial charge is 0.123 e. The highest BCUT2D eigenvalue weighted by atomic mass is 19.1. The predicted molar refractivity (Wildman–Crippen MR) is 83.2 cm³/mol. The summed E-state index contributed by atoms with van der Waals surface area (Å²) in [5, 5.41) is 0. The van der Waals surface area contributed by atoms with Crippen LogP contribution in [-0.4, -0.2) is 17.5 Å². The summed E-state index contributed by atoms with van der Waals surface area (Å²) in [6, 6.07) is 17.9. The predicted octanol–water partition coefficient (Wildman–Crippen LogP) is 3.49. The monoisotopic (exact) mass is 284 g/mol. The van der Waals surface area contributed by atoms with Gasteiger partial charge in [0.05, 0.1) is 0 Å². The van der Waals surface area contributed by atoms with Crippen molar-refractivity contribution in [2.75, 3.05) is 6.54 Å². The maximum Gasteiger partial charge on any atom is 0.123 e. The van der Waals surface area contributed by atoms with Gasteiger partial charge in [-0.15, -0.1) is 0 Å². The van der Waals surface area contributed by atoms with Crippen LogP contribution in [0.15, 0.2) is 54.6 Å². The highest BCUT2D eigenvalue weighted by molar-refractivity contribution is 5.22. The molecule has 0 saturated heterocycles. The van der Waals surface area contributed by atoms with Crippen molar-refractivity contribution in [1.29, 1.82) is 0 Å². The highest BCUT2D eigenvalue weighted by Gasteiger charge is 2.34. The number of hydrogen-bond acceptors (Lipinski definition) is 2. The molecule has 2 aromatic rings. The molecule has 0 bridgehead atoms. The average Bonchev–Trinajstić information content (AvgIpc) is 3.33. The summed E-state index contributed by atoms with van der Waals surface area (Å²) < 4.78 is 13.5. The van der Waals surface area contributed by atoms with Gasteiger partial charge in [0.1, 0.15) is 5.82 Å². The van der Waals surface area contributed by atoms with E-state index in [9.17, 15) is 4.39 Å². The Morgan fingerprint density at radius 1 is 1.10 bits per heavy atom. The molecule has 0 aliphatic heterocycles. The zero-order chi connectivity index (χ0) is 14.7. The topological polar surface area (TPSA) is 29.3 Å². The lowest BCUT2D eigenvalue weighted by Gasteiger charge is -2.31. The van der Waals surface area contributed by atoms with Crippen LogP contribution in [0.3, 0.4) is 0 Å². The fraction of sp³-hybridized carbons (Fsp3) is 0.333. The Hall–Kier alpha value is -1.71. The van der Waals surface area contributed by atoms with Gasteiger partial charge in [0.25, 0.3) is 0 Å². The Balaban J connectivity index is 1.84. The first-order chi connectivity index (χ1) is 10.3. The summed E-state index contributed by atoms with van der Waals surface area (Å²) in [7, 11) is 0. The Morgan fingerprint density at radius 2 is 1.86 bits per heavy atom. The van der Waals surface area contributed by atoms with Gasteiger partial charge < -0.3 is 5.73 Å². The number of halogens is 1. The standard InChI is InChI=1S/C18H21FN2/c19-16-8-4-7-15(11-16)18(12-20)21(17-9-10-17)13-14-5-2-1-3-6-14/h1-8,11,17-18H,9-10,12-13,20H2. The van der Waals surface area contributed by atoms with Crippen molar-refractivity contribution in [3.05, 3.63) is 71.5 Å². The molecule has 3 heteroatoms. The van der Waals surface area contributed by atoms with Gasteiger partial charge in [-0.05, 0) is 36.1 Å². The van der Waals surface area contributed by atoms with Crippen molar-refractivity contribution in [1.82, 2.24) is 4.90 Å². The molecule has 0 spiro atoms. The van der Waals surface area contributed by atoms with Crippen LogP contribution in [0.5, 0.6) is 0 Å². The lowest BCUT2D eigenvalue weighted by Crippen LogP contribution is -2.35. The average molecular weight is 284 g/mol. The van der Waals surface area contributed by atoms with Gasteiger partial charge in [-0.2, -0.15) is 0 Å². The SMILES string of the molecule is NCC(c1cccc(F)c1)N(Cc1ccccc1)C1CC1. The summed E-state index contributed by atoms with van der Waals surface area (Å²) in [4.78, 5) is 2.42. The molecule has 0 amide bonds. The molecule has 0 radical (unpaired) electrons. The number of rotatable bonds is 6. The van der Waals surface area contributed by atoms with Gasteiger partial charge in [0.15, 0.2) is 0 Å². The van der Waals surface area contributed by atoms with Crippen molar-refractivity contribution >= 4 is 0 Å². The molecule has 1 atom stereocenters. The lowest BCUT2D eigenvalue weighted by molar-refractivity contribution is 0.181. The number of nitrogens with two attached hydrogens (primary N) is 1. The molecule has 2 nitrogen and oxygen atoms in total. The molecule has 1 fully saturated rings. The van der Waals surface area contributed by atoms with Crippen molar-refractivity contribution in [3.63, 3.8) is 0 Å². The zero-order valence-electron chi connectivity index (χ0n) is 12.1. The van der Waals surface area contributed by atoms with Crippen LogP contribution in [0.2, 0.25) is 0 Å². The second kappa shape index (κ2) is 6.37. The van der Waals surface area contributed by atoms with Crippen molar-refractivity contribution in [2.45, 2.75) is 31.5 Å². The molecule has 1 saturated carbocycles. The van der Waals surface area contributed by atoms with Gasteiger partial charge in [0, 0.05) is 25.2 Å². The summed E-state index contributed by atoms with van der Waals surface area (Å²) in [5.74, 6) is -0.193. The molecular formula is C18H21FN2. The quantitative estimate of drug-likeness (QED) is 0.880. The van der Waals surface area contributed by atoms with Crippen LogP contribution in [0.4, 0.5) is 4.39 Å². The molecule has 2 N–H and O–H groups in total. The van der Waals surface area contributed by atoms with E-state index in [-0.39, 0.29) is 11.9 Å². The number of benzene rings is 2. The molecule has 1 aliphatic rings. The molecule has 0 aromatic heterocycles. The van der Waals surface area contributed by atoms with Gasteiger partial charge >= 0.3 is 0 Å². The molecule has 1 unspecified atom stereocenters. The van der Waals surface area contributed by atoms with Crippen molar-refractivity contribution in [3.8, 4) is 0 Å². The molecule has 2 aromatic carbocycles. The van der Waals surface area contributed by atoms with Gasteiger partial charge in [-0.3, -0.25) is 4.90 Å². The van der Waals surface area contributed by atoms with E-state index < -0.39 is 0 Å². The minimum Gasteiger partial charge on any atom is -0.329 e. The van der Waals surface area contributed by atoms with Gasteiger partial charge in [-0.1, -0.05) is 42.5 Å². The van der Waals surface area contributed by atoms with E-state index in [1.807, 2.05) is 12.1 Å². The van der Waals surface area contributed by atoms with Crippen LogP contribution < -0.4 is 5.73 Å². The fourth-order valence-corrected chi connectivity index (χ4v) is 2.87. The number of nitrogens with zero attached hydrogens (tertiary/aromatic N) is 1. The van der Waals surface area contributed by atoms with Crippen LogP contribution >= 0.6 is 0 Å². The lowest BCUT2D eigenvalue weighted by atomic mass is 10.0. The third-order valence-corrected chi connectivity index (χ3v) is 4.08.